The smallest absolute Gasteiger partial charge is 0.318 e. The normalized spacial score (nSPS) is 20.8. The molecule has 102 valence electrons. The Morgan fingerprint density at radius 1 is 1.21 bits per heavy atom. The zero-order chi connectivity index (χ0) is 13.5. The van der Waals surface area contributed by atoms with Crippen LogP contribution in [0.1, 0.15) is 56.9 Å². The molecule has 1 fully saturated rings. The topological polar surface area (TPSA) is 26.3 Å². The SMILES string of the molecule is CCCCCC/C=C1/CC(c2ccccc2)C(=O)O1. The molecule has 0 radical (unpaired) electrons. The fourth-order valence-electron chi connectivity index (χ4n) is 2.42. The second-order valence-corrected chi connectivity index (χ2v) is 5.11. The van der Waals surface area contributed by atoms with Gasteiger partial charge in [0.1, 0.15) is 5.76 Å². The molecule has 0 aliphatic carbocycles. The van der Waals surface area contributed by atoms with E-state index >= 15 is 0 Å². The molecule has 1 aromatic rings. The van der Waals surface area contributed by atoms with Crippen LogP contribution in [-0.2, 0) is 9.53 Å². The Hall–Kier alpha value is -1.57. The van der Waals surface area contributed by atoms with E-state index in [2.05, 4.69) is 13.0 Å². The minimum Gasteiger partial charge on any atom is -0.431 e. The zero-order valence-corrected chi connectivity index (χ0v) is 11.6. The molecule has 1 atom stereocenters. The van der Waals surface area contributed by atoms with Crippen molar-refractivity contribution in [1.29, 1.82) is 0 Å². The molecule has 0 aromatic heterocycles. The molecule has 2 nitrogen and oxygen atoms in total. The second kappa shape index (κ2) is 7.13. The molecule has 2 heteroatoms. The zero-order valence-electron chi connectivity index (χ0n) is 11.6. The maximum atomic E-state index is 11.9. The van der Waals surface area contributed by atoms with Crippen LogP contribution in [-0.4, -0.2) is 5.97 Å². The Labute approximate surface area is 115 Å². The molecule has 0 bridgehead atoms. The third kappa shape index (κ3) is 3.95. The number of carbonyl (C=O) groups excluding carboxylic acids is 1. The second-order valence-electron chi connectivity index (χ2n) is 5.11. The number of benzene rings is 1. The molecule has 1 aliphatic heterocycles. The van der Waals surface area contributed by atoms with Crippen LogP contribution in [0.25, 0.3) is 0 Å². The molecule has 2 rings (SSSR count). The van der Waals surface area contributed by atoms with Crippen molar-refractivity contribution in [1.82, 2.24) is 0 Å². The first-order valence-electron chi connectivity index (χ1n) is 7.27. The fourth-order valence-corrected chi connectivity index (χ4v) is 2.42. The number of carbonyl (C=O) groups is 1. The number of hydrogen-bond donors (Lipinski definition) is 0. The summed E-state index contributed by atoms with van der Waals surface area (Å²) in [7, 11) is 0. The lowest BCUT2D eigenvalue weighted by Gasteiger charge is -2.03. The van der Waals surface area contributed by atoms with Crippen molar-refractivity contribution in [2.75, 3.05) is 0 Å². The van der Waals surface area contributed by atoms with Gasteiger partial charge in [-0.25, -0.2) is 0 Å². The monoisotopic (exact) mass is 258 g/mol. The highest BCUT2D eigenvalue weighted by atomic mass is 16.5. The summed E-state index contributed by atoms with van der Waals surface area (Å²) >= 11 is 0. The number of allylic oxidation sites excluding steroid dienone is 2. The number of unbranched alkanes of at least 4 members (excludes halogenated alkanes) is 4. The van der Waals surface area contributed by atoms with Crippen molar-refractivity contribution in [3.8, 4) is 0 Å². The summed E-state index contributed by atoms with van der Waals surface area (Å²) in [5, 5.41) is 0. The Bertz CT molecular complexity index is 434. The highest BCUT2D eigenvalue weighted by Crippen LogP contribution is 2.33. The standard InChI is InChI=1S/C17H22O2/c1-2-3-4-5-9-12-15-13-16(17(18)19-15)14-10-7-6-8-11-14/h6-8,10-12,16H,2-5,9,13H2,1H3/b15-12-. The van der Waals surface area contributed by atoms with Gasteiger partial charge in [0.15, 0.2) is 0 Å². The summed E-state index contributed by atoms with van der Waals surface area (Å²) in [5.74, 6) is 0.643. The van der Waals surface area contributed by atoms with Crippen molar-refractivity contribution in [2.24, 2.45) is 0 Å². The van der Waals surface area contributed by atoms with Gasteiger partial charge in [-0.05, 0) is 24.5 Å². The predicted molar refractivity (Wildman–Crippen MR) is 76.7 cm³/mol. The minimum atomic E-state index is -0.108. The molecular formula is C17H22O2. The molecule has 1 heterocycles. The van der Waals surface area contributed by atoms with E-state index in [0.717, 1.165) is 24.2 Å². The first-order valence-corrected chi connectivity index (χ1v) is 7.27. The number of rotatable bonds is 6. The van der Waals surface area contributed by atoms with Crippen LogP contribution in [0.4, 0.5) is 0 Å². The maximum absolute atomic E-state index is 11.9. The molecule has 1 aromatic carbocycles. The largest absolute Gasteiger partial charge is 0.431 e. The average Bonchev–Trinajstić information content (AvgIpc) is 2.81. The summed E-state index contributed by atoms with van der Waals surface area (Å²) in [6, 6.07) is 9.89. The summed E-state index contributed by atoms with van der Waals surface area (Å²) < 4.78 is 5.36. The number of hydrogen-bond acceptors (Lipinski definition) is 2. The van der Waals surface area contributed by atoms with Gasteiger partial charge in [-0.1, -0.05) is 56.5 Å². The minimum absolute atomic E-state index is 0.106. The highest BCUT2D eigenvalue weighted by Gasteiger charge is 2.31. The summed E-state index contributed by atoms with van der Waals surface area (Å²) in [4.78, 5) is 11.9. The van der Waals surface area contributed by atoms with Crippen LogP contribution < -0.4 is 0 Å². The van der Waals surface area contributed by atoms with Gasteiger partial charge in [-0.15, -0.1) is 0 Å². The molecule has 1 aliphatic rings. The Kier molecular flexibility index (Phi) is 5.20. The van der Waals surface area contributed by atoms with Crippen LogP contribution in [0.5, 0.6) is 0 Å². The molecule has 0 N–H and O–H groups in total. The van der Waals surface area contributed by atoms with Gasteiger partial charge < -0.3 is 4.74 Å². The van der Waals surface area contributed by atoms with E-state index < -0.39 is 0 Å². The van der Waals surface area contributed by atoms with E-state index in [1.165, 1.54) is 25.7 Å². The van der Waals surface area contributed by atoms with E-state index in [9.17, 15) is 4.79 Å². The van der Waals surface area contributed by atoms with Crippen molar-refractivity contribution in [3.63, 3.8) is 0 Å². The molecule has 19 heavy (non-hydrogen) atoms. The Balaban J connectivity index is 1.87. The quantitative estimate of drug-likeness (QED) is 0.552. The third-order valence-electron chi connectivity index (χ3n) is 3.55. The third-order valence-corrected chi connectivity index (χ3v) is 3.55. The number of esters is 1. The van der Waals surface area contributed by atoms with Crippen molar-refractivity contribution >= 4 is 5.97 Å². The van der Waals surface area contributed by atoms with Gasteiger partial charge in [0, 0.05) is 6.42 Å². The lowest BCUT2D eigenvalue weighted by atomic mass is 9.97. The van der Waals surface area contributed by atoms with E-state index in [0.29, 0.717) is 0 Å². The van der Waals surface area contributed by atoms with E-state index in [1.54, 1.807) is 0 Å². The lowest BCUT2D eigenvalue weighted by Crippen LogP contribution is -2.04. The van der Waals surface area contributed by atoms with Crippen LogP contribution in [0.3, 0.4) is 0 Å². The molecule has 0 saturated carbocycles. The predicted octanol–water partition coefficient (Wildman–Crippen LogP) is 4.57. The van der Waals surface area contributed by atoms with Gasteiger partial charge in [0.05, 0.1) is 5.92 Å². The molecule has 0 spiro atoms. The van der Waals surface area contributed by atoms with Crippen molar-refractivity contribution < 1.29 is 9.53 Å². The number of cyclic esters (lactones) is 1. The van der Waals surface area contributed by atoms with Gasteiger partial charge in [-0.2, -0.15) is 0 Å². The van der Waals surface area contributed by atoms with E-state index in [4.69, 9.17) is 4.74 Å². The highest BCUT2D eigenvalue weighted by molar-refractivity contribution is 5.82. The lowest BCUT2D eigenvalue weighted by molar-refractivity contribution is -0.136. The first kappa shape index (κ1) is 13.9. The molecular weight excluding hydrogens is 236 g/mol. The van der Waals surface area contributed by atoms with Gasteiger partial charge in [0.2, 0.25) is 0 Å². The average molecular weight is 258 g/mol. The van der Waals surface area contributed by atoms with Crippen LogP contribution in [0.15, 0.2) is 42.2 Å². The van der Waals surface area contributed by atoms with Crippen molar-refractivity contribution in [3.05, 3.63) is 47.7 Å². The fraction of sp³-hybridized carbons (Fsp3) is 0.471. The van der Waals surface area contributed by atoms with Crippen LogP contribution in [0.2, 0.25) is 0 Å². The molecule has 1 unspecified atom stereocenters. The summed E-state index contributed by atoms with van der Waals surface area (Å²) in [5.41, 5.74) is 1.06. The molecule has 0 amide bonds. The van der Waals surface area contributed by atoms with Gasteiger partial charge in [-0.3, -0.25) is 4.79 Å². The van der Waals surface area contributed by atoms with E-state index in [-0.39, 0.29) is 11.9 Å². The maximum Gasteiger partial charge on any atom is 0.318 e. The van der Waals surface area contributed by atoms with E-state index in [1.807, 2.05) is 30.3 Å². The Morgan fingerprint density at radius 3 is 2.74 bits per heavy atom. The van der Waals surface area contributed by atoms with Crippen LogP contribution >= 0.6 is 0 Å². The van der Waals surface area contributed by atoms with Crippen LogP contribution in [0, 0.1) is 0 Å². The number of ether oxygens (including phenoxy) is 1. The summed E-state index contributed by atoms with van der Waals surface area (Å²) in [6.07, 6.45) is 8.82. The summed E-state index contributed by atoms with van der Waals surface area (Å²) in [6.45, 7) is 2.21. The molecule has 1 saturated heterocycles. The first-order chi connectivity index (χ1) is 9.31. The Morgan fingerprint density at radius 2 is 2.00 bits per heavy atom. The van der Waals surface area contributed by atoms with Gasteiger partial charge in [0.25, 0.3) is 0 Å². The van der Waals surface area contributed by atoms with Crippen molar-refractivity contribution in [2.45, 2.75) is 51.4 Å². The van der Waals surface area contributed by atoms with Gasteiger partial charge >= 0.3 is 5.97 Å².